The Bertz CT molecular complexity index is 1380. The first-order valence-electron chi connectivity index (χ1n) is 20.2. The molecular weight excluding hydrogens is 670 g/mol. The molecule has 290 valence electrons. The Morgan fingerprint density at radius 1 is 0.808 bits per heavy atom. The lowest BCUT2D eigenvalue weighted by molar-refractivity contribution is -0.292. The van der Waals surface area contributed by atoms with E-state index in [0.29, 0.717) is 25.7 Å². The molecule has 10 rings (SSSR count). The highest BCUT2D eigenvalue weighted by Gasteiger charge is 2.68. The maximum atomic E-state index is 14.1. The molecule has 7 unspecified atom stereocenters. The lowest BCUT2D eigenvalue weighted by atomic mass is 9.81. The summed E-state index contributed by atoms with van der Waals surface area (Å²) in [5, 5.41) is 10.5. The Labute approximate surface area is 307 Å². The zero-order valence-electron chi connectivity index (χ0n) is 30.8. The molecule has 10 aliphatic rings. The van der Waals surface area contributed by atoms with Crippen molar-refractivity contribution in [2.75, 3.05) is 13.7 Å². The quantitative estimate of drug-likeness (QED) is 0.409. The number of carbonyl (C=O) groups is 1. The van der Waals surface area contributed by atoms with E-state index in [4.69, 9.17) is 48.4 Å². The van der Waals surface area contributed by atoms with Crippen molar-refractivity contribution in [2.24, 2.45) is 17.6 Å². The number of hydrogen-bond acceptors (Lipinski definition) is 12. The van der Waals surface area contributed by atoms with Crippen molar-refractivity contribution in [1.29, 1.82) is 0 Å². The Morgan fingerprint density at radius 2 is 1.56 bits per heavy atom. The van der Waals surface area contributed by atoms with Crippen molar-refractivity contribution in [2.45, 2.75) is 194 Å². The summed E-state index contributed by atoms with van der Waals surface area (Å²) in [6.07, 6.45) is 4.85. The summed E-state index contributed by atoms with van der Waals surface area (Å²) in [4.78, 5) is 14.1. The van der Waals surface area contributed by atoms with Gasteiger partial charge in [-0.3, -0.25) is 4.79 Å². The van der Waals surface area contributed by atoms with Crippen molar-refractivity contribution < 1.29 is 52.5 Å². The number of methoxy groups -OCH3 is 1. The monoisotopic (exact) mass is 729 g/mol. The van der Waals surface area contributed by atoms with E-state index in [1.807, 2.05) is 0 Å². The van der Waals surface area contributed by atoms with E-state index in [1.165, 1.54) is 0 Å². The maximum absolute atomic E-state index is 14.1. The van der Waals surface area contributed by atoms with E-state index >= 15 is 0 Å². The summed E-state index contributed by atoms with van der Waals surface area (Å²) in [6.45, 7) is 11.3. The second kappa shape index (κ2) is 14.3. The van der Waals surface area contributed by atoms with Crippen LogP contribution in [0.5, 0.6) is 0 Å². The molecule has 1 spiro atoms. The van der Waals surface area contributed by atoms with Gasteiger partial charge in [-0.25, -0.2) is 0 Å². The molecule has 0 radical (unpaired) electrons. The number of nitrogens with two attached hydrogens (primary N) is 1. The predicted octanol–water partition coefficient (Wildman–Crippen LogP) is 3.44. The molecule has 19 atom stereocenters. The minimum absolute atomic E-state index is 0.0158. The molecule has 12 nitrogen and oxygen atoms in total. The number of aliphatic hydroxyl groups is 1. The fourth-order valence-electron chi connectivity index (χ4n) is 11.3. The average Bonchev–Trinajstić information content (AvgIpc) is 3.79. The predicted molar refractivity (Wildman–Crippen MR) is 186 cm³/mol. The van der Waals surface area contributed by atoms with Crippen molar-refractivity contribution in [3.05, 3.63) is 24.3 Å². The molecule has 3 N–H and O–H groups in total. The molecule has 0 amide bonds. The number of rotatable bonds is 4. The van der Waals surface area contributed by atoms with Gasteiger partial charge in [0.05, 0.1) is 67.1 Å². The van der Waals surface area contributed by atoms with E-state index in [2.05, 4.69) is 20.1 Å². The van der Waals surface area contributed by atoms with Crippen LogP contribution >= 0.6 is 0 Å². The molecule has 12 bridgehead atoms. The van der Waals surface area contributed by atoms with Crippen LogP contribution in [0.3, 0.4) is 0 Å². The van der Waals surface area contributed by atoms with Crippen LogP contribution in [0, 0.1) is 11.8 Å². The summed E-state index contributed by atoms with van der Waals surface area (Å²) in [7, 11) is 1.66. The van der Waals surface area contributed by atoms with Crippen molar-refractivity contribution in [3.8, 4) is 0 Å². The van der Waals surface area contributed by atoms with Crippen LogP contribution in [0.1, 0.15) is 90.4 Å². The first-order chi connectivity index (χ1) is 25.1. The summed E-state index contributed by atoms with van der Waals surface area (Å²) in [5.41, 5.74) is 8.01. The van der Waals surface area contributed by atoms with E-state index in [0.717, 1.165) is 56.1 Å². The van der Waals surface area contributed by atoms with Crippen molar-refractivity contribution in [3.63, 3.8) is 0 Å². The molecule has 10 fully saturated rings. The molecule has 0 saturated carbocycles. The van der Waals surface area contributed by atoms with Crippen molar-refractivity contribution in [1.82, 2.24) is 0 Å². The third kappa shape index (κ3) is 6.59. The molecule has 10 saturated heterocycles. The molecule has 0 aromatic carbocycles. The second-order valence-electron chi connectivity index (χ2n) is 17.4. The SMILES string of the molecule is C=C1C[C@@H]2CC[C@@]34C[C@@H]5O[C@H]6[C@@H](O3)C3OC(CCC3O[C@H]6C5O4)CC(=O)C[C@H]3[C@H](CC4O[C@@H](CCC1O2)C[C@@H](C)C4=C)OC(C[C@H](O)CN)[C@@H]3OC. The summed E-state index contributed by atoms with van der Waals surface area (Å²) in [5.74, 6) is -0.619. The lowest BCUT2D eigenvalue weighted by Crippen LogP contribution is -2.61. The molecule has 12 heteroatoms. The van der Waals surface area contributed by atoms with Gasteiger partial charge in [0.1, 0.15) is 36.3 Å². The van der Waals surface area contributed by atoms with Gasteiger partial charge in [0.2, 0.25) is 0 Å². The Morgan fingerprint density at radius 3 is 2.38 bits per heavy atom. The Balaban J connectivity index is 0.994. The van der Waals surface area contributed by atoms with Gasteiger partial charge in [0.15, 0.2) is 5.79 Å². The van der Waals surface area contributed by atoms with Crippen LogP contribution in [0.4, 0.5) is 0 Å². The highest BCUT2D eigenvalue weighted by molar-refractivity contribution is 5.79. The Hall–Kier alpha value is -1.29. The van der Waals surface area contributed by atoms with Gasteiger partial charge < -0.3 is 53.5 Å². The van der Waals surface area contributed by atoms with Gasteiger partial charge in [0.25, 0.3) is 0 Å². The number of carbonyl (C=O) groups excluding carboxylic acids is 1. The van der Waals surface area contributed by atoms with E-state index in [1.54, 1.807) is 7.11 Å². The number of fused-ring (bicyclic) bond motifs is 6. The number of aliphatic hydroxyl groups excluding tert-OH is 1. The highest BCUT2D eigenvalue weighted by Crippen LogP contribution is 2.54. The van der Waals surface area contributed by atoms with E-state index in [-0.39, 0.29) is 122 Å². The molecule has 10 aliphatic heterocycles. The number of hydrogen-bond donors (Lipinski definition) is 2. The fraction of sp³-hybridized carbons (Fsp3) is 0.875. The van der Waals surface area contributed by atoms with E-state index < -0.39 is 18.0 Å². The number of ether oxygens (including phenoxy) is 9. The second-order valence-corrected chi connectivity index (χ2v) is 17.4. The van der Waals surface area contributed by atoms with Gasteiger partial charge in [-0.15, -0.1) is 0 Å². The zero-order valence-corrected chi connectivity index (χ0v) is 30.8. The topological polar surface area (TPSA) is 146 Å². The maximum Gasteiger partial charge on any atom is 0.172 e. The molecule has 10 heterocycles. The first-order valence-corrected chi connectivity index (χ1v) is 20.2. The summed E-state index contributed by atoms with van der Waals surface area (Å²) < 4.78 is 60.0. The largest absolute Gasteiger partial charge is 0.392 e. The molecule has 0 aromatic rings. The van der Waals surface area contributed by atoms with Gasteiger partial charge in [0, 0.05) is 58.1 Å². The van der Waals surface area contributed by atoms with Gasteiger partial charge in [-0.1, -0.05) is 20.1 Å². The molecule has 0 aromatic heterocycles. The van der Waals surface area contributed by atoms with Crippen LogP contribution in [-0.4, -0.2) is 128 Å². The van der Waals surface area contributed by atoms with Gasteiger partial charge >= 0.3 is 0 Å². The molecular formula is C40H59NO11. The smallest absolute Gasteiger partial charge is 0.172 e. The van der Waals surface area contributed by atoms with Gasteiger partial charge in [-0.2, -0.15) is 0 Å². The molecule has 52 heavy (non-hydrogen) atoms. The van der Waals surface area contributed by atoms with Crippen LogP contribution in [0.15, 0.2) is 24.3 Å². The van der Waals surface area contributed by atoms with Crippen molar-refractivity contribution >= 4 is 5.78 Å². The molecule has 0 aliphatic carbocycles. The minimum atomic E-state index is -0.780. The number of ketones is 1. The van der Waals surface area contributed by atoms with Crippen LogP contribution in [0.25, 0.3) is 0 Å². The third-order valence-corrected chi connectivity index (χ3v) is 14.0. The lowest BCUT2D eigenvalue weighted by Gasteiger charge is -2.47. The summed E-state index contributed by atoms with van der Waals surface area (Å²) in [6, 6.07) is 0. The zero-order chi connectivity index (χ0) is 35.9. The normalized spacial score (nSPS) is 52.4. The van der Waals surface area contributed by atoms with Gasteiger partial charge in [-0.05, 0) is 62.0 Å². The summed E-state index contributed by atoms with van der Waals surface area (Å²) >= 11 is 0. The Kier molecular flexibility index (Phi) is 10.0. The van der Waals surface area contributed by atoms with Crippen LogP contribution in [-0.2, 0) is 47.4 Å². The average molecular weight is 730 g/mol. The van der Waals surface area contributed by atoms with Crippen LogP contribution < -0.4 is 5.73 Å². The van der Waals surface area contributed by atoms with E-state index in [9.17, 15) is 9.90 Å². The highest BCUT2D eigenvalue weighted by atomic mass is 16.8. The third-order valence-electron chi connectivity index (χ3n) is 14.0. The standard InChI is InChI=1S/C40H59NO11/c1-19-11-24-5-7-28-20(2)12-26(45-28)9-10-40-17-33-36(51-40)37-38(50-33)39(52-40)35-29(49-37)8-6-25(47-35)13-22(42)14-27-31(16-30(46-24)21(19)3)48-32(34(27)44-4)15-23(43)18-41/h19,23-39,43H,2-3,5-18,41H2,1,4H3/t19-,23+,24+,25?,26+,27+,28?,29?,30?,31+,32?,33+,34-,35?,36?,37+,38-,39+,40+/m1/s1. The minimum Gasteiger partial charge on any atom is -0.392 e. The van der Waals surface area contributed by atoms with Crippen LogP contribution in [0.2, 0.25) is 0 Å². The first kappa shape index (κ1) is 36.4. The number of Topliss-reactive ketones (excluding diaryl/α,β-unsaturated/α-hetero) is 1. The fourth-order valence-corrected chi connectivity index (χ4v) is 11.3.